The van der Waals surface area contributed by atoms with Crippen molar-refractivity contribution in [3.05, 3.63) is 24.3 Å². The largest absolute Gasteiger partial charge is 0.342 e. The zero-order valence-corrected chi connectivity index (χ0v) is 16.4. The topological polar surface area (TPSA) is 78.5 Å². The van der Waals surface area contributed by atoms with Gasteiger partial charge in [-0.2, -0.15) is 0 Å². The summed E-state index contributed by atoms with van der Waals surface area (Å²) in [6.45, 7) is 6.86. The Labute approximate surface area is 160 Å². The molecule has 2 aliphatic rings. The Kier molecular flexibility index (Phi) is 5.53. The number of anilines is 2. The van der Waals surface area contributed by atoms with Crippen molar-refractivity contribution in [2.75, 3.05) is 23.7 Å². The molecule has 6 heteroatoms. The minimum atomic E-state index is -0.461. The van der Waals surface area contributed by atoms with E-state index in [-0.39, 0.29) is 29.6 Å². The van der Waals surface area contributed by atoms with E-state index in [1.807, 2.05) is 25.7 Å². The second kappa shape index (κ2) is 7.71. The minimum Gasteiger partial charge on any atom is -0.342 e. The maximum Gasteiger partial charge on any atom is 0.229 e. The number of nitrogens with zero attached hydrogens (tertiary/aromatic N) is 1. The Hall–Kier alpha value is -2.37. The van der Waals surface area contributed by atoms with Crippen molar-refractivity contribution in [3.8, 4) is 0 Å². The summed E-state index contributed by atoms with van der Waals surface area (Å²) in [7, 11) is 0. The highest BCUT2D eigenvalue weighted by Gasteiger charge is 2.36. The highest BCUT2D eigenvalue weighted by molar-refractivity contribution is 5.96. The van der Waals surface area contributed by atoms with E-state index in [9.17, 15) is 14.4 Å². The lowest BCUT2D eigenvalue weighted by molar-refractivity contribution is -0.135. The molecule has 1 saturated carbocycles. The van der Waals surface area contributed by atoms with Gasteiger partial charge in [0.2, 0.25) is 17.7 Å². The lowest BCUT2D eigenvalue weighted by Crippen LogP contribution is -2.44. The third-order valence-corrected chi connectivity index (χ3v) is 5.12. The van der Waals surface area contributed by atoms with E-state index in [1.165, 1.54) is 0 Å². The van der Waals surface area contributed by atoms with E-state index in [4.69, 9.17) is 0 Å². The molecule has 27 heavy (non-hydrogen) atoms. The molecule has 0 bridgehead atoms. The first kappa shape index (κ1) is 19.4. The Bertz CT molecular complexity index is 717. The summed E-state index contributed by atoms with van der Waals surface area (Å²) in [4.78, 5) is 38.7. The lowest BCUT2D eigenvalue weighted by Gasteiger charge is -2.32. The molecule has 1 saturated heterocycles. The highest BCUT2D eigenvalue weighted by atomic mass is 16.2. The Morgan fingerprint density at radius 1 is 0.926 bits per heavy atom. The predicted octanol–water partition coefficient (Wildman–Crippen LogP) is 3.26. The van der Waals surface area contributed by atoms with Crippen LogP contribution in [0.15, 0.2) is 24.3 Å². The van der Waals surface area contributed by atoms with Crippen molar-refractivity contribution in [1.82, 2.24) is 4.90 Å². The minimum absolute atomic E-state index is 0.0465. The van der Waals surface area contributed by atoms with Crippen molar-refractivity contribution in [2.45, 2.75) is 46.5 Å². The lowest BCUT2D eigenvalue weighted by atomic mass is 9.95. The van der Waals surface area contributed by atoms with Gasteiger partial charge in [-0.1, -0.05) is 20.8 Å². The van der Waals surface area contributed by atoms with Crippen LogP contribution in [-0.2, 0) is 14.4 Å². The van der Waals surface area contributed by atoms with Gasteiger partial charge in [-0.25, -0.2) is 0 Å². The molecule has 146 valence electrons. The van der Waals surface area contributed by atoms with Crippen molar-refractivity contribution >= 4 is 29.1 Å². The van der Waals surface area contributed by atoms with Crippen molar-refractivity contribution < 1.29 is 14.4 Å². The summed E-state index contributed by atoms with van der Waals surface area (Å²) in [5.41, 5.74) is 0.934. The normalized spacial score (nSPS) is 20.1. The molecule has 3 rings (SSSR count). The van der Waals surface area contributed by atoms with Crippen LogP contribution in [0.4, 0.5) is 11.4 Å². The van der Waals surface area contributed by atoms with Gasteiger partial charge in [-0.3, -0.25) is 14.4 Å². The fraction of sp³-hybridized carbons (Fsp3) is 0.571. The fourth-order valence-electron chi connectivity index (χ4n) is 3.18. The van der Waals surface area contributed by atoms with Crippen LogP contribution in [0.25, 0.3) is 0 Å². The van der Waals surface area contributed by atoms with Crippen LogP contribution in [0.5, 0.6) is 0 Å². The first-order chi connectivity index (χ1) is 12.7. The molecule has 6 nitrogen and oxygen atoms in total. The van der Waals surface area contributed by atoms with Gasteiger partial charge in [0.05, 0.1) is 5.92 Å². The third kappa shape index (κ3) is 5.08. The molecule has 1 aromatic rings. The number of piperidine rings is 1. The highest BCUT2D eigenvalue weighted by Crippen LogP contribution is 2.32. The van der Waals surface area contributed by atoms with Crippen LogP contribution < -0.4 is 10.6 Å². The molecule has 1 aromatic carbocycles. The van der Waals surface area contributed by atoms with E-state index in [1.54, 1.807) is 24.3 Å². The quantitative estimate of drug-likeness (QED) is 0.853. The van der Waals surface area contributed by atoms with Gasteiger partial charge in [0.1, 0.15) is 0 Å². The van der Waals surface area contributed by atoms with E-state index in [2.05, 4.69) is 10.6 Å². The predicted molar refractivity (Wildman–Crippen MR) is 105 cm³/mol. The summed E-state index contributed by atoms with van der Waals surface area (Å²) in [5.74, 6) is 0.146. The Balaban J connectivity index is 1.54. The third-order valence-electron chi connectivity index (χ3n) is 5.12. The summed E-state index contributed by atoms with van der Waals surface area (Å²) in [5, 5.41) is 5.80. The number of amides is 3. The molecule has 0 radical (unpaired) electrons. The standard InChI is InChI=1S/C21H29N3O3/c1-21(2,3)20(27)23-17-10-8-16(9-11-17)22-18(25)15-5-4-12-24(13-15)19(26)14-6-7-14/h8-11,14-15H,4-7,12-13H2,1-3H3,(H,22,25)(H,23,27). The monoisotopic (exact) mass is 371 g/mol. The SMILES string of the molecule is CC(C)(C)C(=O)Nc1ccc(NC(=O)C2CCCN(C(=O)C3CC3)C2)cc1. The number of hydrogen-bond acceptors (Lipinski definition) is 3. The molecule has 1 atom stereocenters. The van der Waals surface area contributed by atoms with Crippen molar-refractivity contribution in [1.29, 1.82) is 0 Å². The van der Waals surface area contributed by atoms with E-state index in [0.717, 1.165) is 32.2 Å². The van der Waals surface area contributed by atoms with Crippen molar-refractivity contribution in [3.63, 3.8) is 0 Å². The molecule has 1 unspecified atom stereocenters. The Morgan fingerprint density at radius 2 is 1.52 bits per heavy atom. The van der Waals surface area contributed by atoms with Crippen LogP contribution >= 0.6 is 0 Å². The maximum absolute atomic E-state index is 12.6. The van der Waals surface area contributed by atoms with Crippen LogP contribution in [0.2, 0.25) is 0 Å². The van der Waals surface area contributed by atoms with Gasteiger partial charge < -0.3 is 15.5 Å². The van der Waals surface area contributed by atoms with Crippen LogP contribution in [-0.4, -0.2) is 35.7 Å². The zero-order chi connectivity index (χ0) is 19.6. The molecule has 2 N–H and O–H groups in total. The van der Waals surface area contributed by atoms with Gasteiger partial charge in [0, 0.05) is 35.8 Å². The summed E-state index contributed by atoms with van der Waals surface area (Å²) < 4.78 is 0. The number of nitrogens with one attached hydrogen (secondary N) is 2. The van der Waals surface area contributed by atoms with E-state index < -0.39 is 5.41 Å². The van der Waals surface area contributed by atoms with Crippen LogP contribution in [0.3, 0.4) is 0 Å². The van der Waals surface area contributed by atoms with Crippen LogP contribution in [0, 0.1) is 17.3 Å². The number of likely N-dealkylation sites (tertiary alicyclic amines) is 1. The molecule has 1 aliphatic heterocycles. The summed E-state index contributed by atoms with van der Waals surface area (Å²) in [6.07, 6.45) is 3.66. The molecule has 2 fully saturated rings. The molecule has 1 heterocycles. The molecule has 1 aliphatic carbocycles. The second-order valence-electron chi connectivity index (χ2n) is 8.67. The number of hydrogen-bond donors (Lipinski definition) is 2. The maximum atomic E-state index is 12.6. The smallest absolute Gasteiger partial charge is 0.229 e. The Morgan fingerprint density at radius 3 is 2.07 bits per heavy atom. The number of carbonyl (C=O) groups is 3. The molecular weight excluding hydrogens is 342 g/mol. The van der Waals surface area contributed by atoms with E-state index >= 15 is 0 Å². The average Bonchev–Trinajstić information content (AvgIpc) is 3.47. The number of carbonyl (C=O) groups excluding carboxylic acids is 3. The number of benzene rings is 1. The zero-order valence-electron chi connectivity index (χ0n) is 16.4. The molecule has 0 aromatic heterocycles. The molecule has 3 amide bonds. The van der Waals surface area contributed by atoms with Gasteiger partial charge in [-0.15, -0.1) is 0 Å². The van der Waals surface area contributed by atoms with Crippen molar-refractivity contribution in [2.24, 2.45) is 17.3 Å². The first-order valence-corrected chi connectivity index (χ1v) is 9.75. The van der Waals surface area contributed by atoms with Gasteiger partial charge in [0.25, 0.3) is 0 Å². The van der Waals surface area contributed by atoms with Gasteiger partial charge >= 0.3 is 0 Å². The van der Waals surface area contributed by atoms with Crippen LogP contribution in [0.1, 0.15) is 46.5 Å². The van der Waals surface area contributed by atoms with E-state index in [0.29, 0.717) is 17.9 Å². The summed E-state index contributed by atoms with van der Waals surface area (Å²) >= 11 is 0. The molecular formula is C21H29N3O3. The average molecular weight is 371 g/mol. The first-order valence-electron chi connectivity index (χ1n) is 9.75. The summed E-state index contributed by atoms with van der Waals surface area (Å²) in [6, 6.07) is 7.13. The molecule has 0 spiro atoms. The van der Waals surface area contributed by atoms with Gasteiger partial charge in [0.15, 0.2) is 0 Å². The second-order valence-corrected chi connectivity index (χ2v) is 8.67. The number of rotatable bonds is 4. The van der Waals surface area contributed by atoms with Gasteiger partial charge in [-0.05, 0) is 49.9 Å². The fourth-order valence-corrected chi connectivity index (χ4v) is 3.18.